The van der Waals surface area contributed by atoms with Gasteiger partial charge in [0.15, 0.2) is 0 Å². The zero-order valence-electron chi connectivity index (χ0n) is 17.5. The predicted molar refractivity (Wildman–Crippen MR) is 128 cm³/mol. The number of nitrogens with one attached hydrogen (secondary N) is 2. The van der Waals surface area contributed by atoms with Gasteiger partial charge in [-0.3, -0.25) is 19.8 Å². The molecule has 160 valence electrons. The van der Waals surface area contributed by atoms with Crippen molar-refractivity contribution >= 4 is 45.1 Å². The molecule has 2 aromatic carbocycles. The Morgan fingerprint density at radius 2 is 1.78 bits per heavy atom. The number of aryl methyl sites for hydroxylation is 1. The van der Waals surface area contributed by atoms with E-state index in [1.807, 2.05) is 37.3 Å². The molecule has 0 saturated heterocycles. The molecular formula is C24H20N4O3S. The lowest BCUT2D eigenvalue weighted by atomic mass is 10.0. The third-order valence-corrected chi connectivity index (χ3v) is 5.75. The number of nitrogens with zero attached hydrogens (tertiary/aromatic N) is 2. The molecule has 0 aliphatic heterocycles. The first kappa shape index (κ1) is 21.2. The summed E-state index contributed by atoms with van der Waals surface area (Å²) in [5, 5.41) is 3.17. The van der Waals surface area contributed by atoms with Crippen molar-refractivity contribution in [3.05, 3.63) is 87.8 Å². The molecular weight excluding hydrogens is 424 g/mol. The van der Waals surface area contributed by atoms with Gasteiger partial charge in [0.05, 0.1) is 5.39 Å². The minimum absolute atomic E-state index is 0.153. The third kappa shape index (κ3) is 4.50. The zero-order chi connectivity index (χ0) is 22.7. The normalized spacial score (nSPS) is 11.1. The number of hydrogen-bond acceptors (Lipinski definition) is 5. The Labute approximate surface area is 188 Å². The van der Waals surface area contributed by atoms with Crippen LogP contribution in [-0.4, -0.2) is 21.5 Å². The van der Waals surface area contributed by atoms with Crippen molar-refractivity contribution in [3.8, 4) is 11.1 Å². The van der Waals surface area contributed by atoms with Crippen LogP contribution in [0.25, 0.3) is 27.4 Å². The maximum Gasteiger partial charge on any atom is 0.281 e. The number of benzene rings is 2. The molecule has 0 aliphatic rings. The lowest BCUT2D eigenvalue weighted by Crippen LogP contribution is -2.32. The van der Waals surface area contributed by atoms with E-state index in [1.165, 1.54) is 30.7 Å². The van der Waals surface area contributed by atoms with E-state index >= 15 is 0 Å². The zero-order valence-corrected chi connectivity index (χ0v) is 18.3. The Morgan fingerprint density at radius 1 is 1.06 bits per heavy atom. The molecule has 2 heterocycles. The van der Waals surface area contributed by atoms with Crippen molar-refractivity contribution < 1.29 is 9.59 Å². The Balaban J connectivity index is 1.57. The molecule has 0 atom stereocenters. The van der Waals surface area contributed by atoms with Gasteiger partial charge in [-0.25, -0.2) is 9.66 Å². The molecule has 32 heavy (non-hydrogen) atoms. The highest BCUT2D eigenvalue weighted by atomic mass is 32.1. The van der Waals surface area contributed by atoms with Gasteiger partial charge < -0.3 is 5.32 Å². The summed E-state index contributed by atoms with van der Waals surface area (Å²) in [5.74, 6) is -0.618. The first-order valence-corrected chi connectivity index (χ1v) is 10.7. The SMILES string of the molecule is CC(=O)Nc1ccc(/C=C/C(=O)Nn2cnc3sc(C)c(-c4ccccc4)c3c2=O)cc1. The highest BCUT2D eigenvalue weighted by Gasteiger charge is 2.17. The van der Waals surface area contributed by atoms with E-state index in [2.05, 4.69) is 15.7 Å². The molecule has 4 aromatic rings. The van der Waals surface area contributed by atoms with Crippen LogP contribution in [0, 0.1) is 6.92 Å². The molecule has 0 aliphatic carbocycles. The summed E-state index contributed by atoms with van der Waals surface area (Å²) in [6.45, 7) is 3.39. The second-order valence-corrected chi connectivity index (χ2v) is 8.31. The number of anilines is 1. The van der Waals surface area contributed by atoms with Crippen molar-refractivity contribution in [2.45, 2.75) is 13.8 Å². The van der Waals surface area contributed by atoms with Gasteiger partial charge in [-0.05, 0) is 36.3 Å². The van der Waals surface area contributed by atoms with Crippen LogP contribution >= 0.6 is 11.3 Å². The largest absolute Gasteiger partial charge is 0.326 e. The maximum absolute atomic E-state index is 13.1. The third-order valence-electron chi connectivity index (χ3n) is 4.74. The van der Waals surface area contributed by atoms with Gasteiger partial charge in [0.2, 0.25) is 5.91 Å². The van der Waals surface area contributed by atoms with Crippen LogP contribution in [0.1, 0.15) is 17.4 Å². The number of rotatable bonds is 5. The van der Waals surface area contributed by atoms with Crippen molar-refractivity contribution in [2.24, 2.45) is 0 Å². The van der Waals surface area contributed by atoms with E-state index in [9.17, 15) is 14.4 Å². The van der Waals surface area contributed by atoms with Crippen LogP contribution < -0.4 is 16.3 Å². The Bertz CT molecular complexity index is 1390. The van der Waals surface area contributed by atoms with E-state index in [0.29, 0.717) is 15.9 Å². The molecule has 0 saturated carbocycles. The van der Waals surface area contributed by atoms with E-state index in [-0.39, 0.29) is 11.5 Å². The van der Waals surface area contributed by atoms with Gasteiger partial charge in [0, 0.05) is 29.1 Å². The quantitative estimate of drug-likeness (QED) is 0.452. The van der Waals surface area contributed by atoms with Crippen LogP contribution in [-0.2, 0) is 9.59 Å². The number of carbonyl (C=O) groups is 2. The lowest BCUT2D eigenvalue weighted by molar-refractivity contribution is -0.114. The molecule has 0 spiro atoms. The monoisotopic (exact) mass is 444 g/mol. The molecule has 0 bridgehead atoms. The smallest absolute Gasteiger partial charge is 0.281 e. The molecule has 0 fully saturated rings. The summed E-state index contributed by atoms with van der Waals surface area (Å²) in [6, 6.07) is 16.7. The van der Waals surface area contributed by atoms with Gasteiger partial charge >= 0.3 is 0 Å². The topological polar surface area (TPSA) is 93.1 Å². The molecule has 2 N–H and O–H groups in total. The summed E-state index contributed by atoms with van der Waals surface area (Å²) in [5.41, 5.74) is 5.44. The average Bonchev–Trinajstić information content (AvgIpc) is 3.12. The number of hydrogen-bond donors (Lipinski definition) is 2. The first-order valence-electron chi connectivity index (χ1n) is 9.85. The Morgan fingerprint density at radius 3 is 2.47 bits per heavy atom. The molecule has 2 amide bonds. The van der Waals surface area contributed by atoms with Gasteiger partial charge in [-0.1, -0.05) is 42.5 Å². The summed E-state index contributed by atoms with van der Waals surface area (Å²) >= 11 is 1.45. The standard InChI is InChI=1S/C24H20N4O3S/c1-15-21(18-6-4-3-5-7-18)22-23(32-15)25-14-28(24(22)31)27-20(30)13-10-17-8-11-19(12-9-17)26-16(2)29/h3-14H,1-2H3,(H,26,29)(H,27,30)/b13-10+. The van der Waals surface area contributed by atoms with Crippen molar-refractivity contribution in [3.63, 3.8) is 0 Å². The number of fused-ring (bicyclic) bond motifs is 1. The Kier molecular flexibility index (Phi) is 5.96. The average molecular weight is 445 g/mol. The highest BCUT2D eigenvalue weighted by molar-refractivity contribution is 7.19. The fraction of sp³-hybridized carbons (Fsp3) is 0.0833. The number of thiophene rings is 1. The van der Waals surface area contributed by atoms with Crippen LogP contribution in [0.3, 0.4) is 0 Å². The van der Waals surface area contributed by atoms with Gasteiger partial charge in [0.25, 0.3) is 11.5 Å². The second-order valence-electron chi connectivity index (χ2n) is 7.11. The first-order chi connectivity index (χ1) is 15.4. The number of amides is 2. The fourth-order valence-corrected chi connectivity index (χ4v) is 4.35. The van der Waals surface area contributed by atoms with Crippen LogP contribution in [0.15, 0.2) is 71.8 Å². The molecule has 7 nitrogen and oxygen atoms in total. The van der Waals surface area contributed by atoms with Crippen molar-refractivity contribution in [1.82, 2.24) is 9.66 Å². The second kappa shape index (κ2) is 8.99. The number of carbonyl (C=O) groups excluding carboxylic acids is 2. The molecule has 8 heteroatoms. The molecule has 0 unspecified atom stereocenters. The van der Waals surface area contributed by atoms with E-state index < -0.39 is 5.91 Å². The highest BCUT2D eigenvalue weighted by Crippen LogP contribution is 2.35. The fourth-order valence-electron chi connectivity index (χ4n) is 3.34. The summed E-state index contributed by atoms with van der Waals surface area (Å²) < 4.78 is 1.10. The number of aromatic nitrogens is 2. The van der Waals surface area contributed by atoms with E-state index in [1.54, 1.807) is 30.3 Å². The maximum atomic E-state index is 13.1. The molecule has 0 radical (unpaired) electrons. The van der Waals surface area contributed by atoms with E-state index in [0.717, 1.165) is 26.2 Å². The van der Waals surface area contributed by atoms with Gasteiger partial charge in [-0.15, -0.1) is 11.3 Å². The van der Waals surface area contributed by atoms with Gasteiger partial charge in [0.1, 0.15) is 11.2 Å². The van der Waals surface area contributed by atoms with Crippen molar-refractivity contribution in [1.29, 1.82) is 0 Å². The summed E-state index contributed by atoms with van der Waals surface area (Å²) in [7, 11) is 0. The summed E-state index contributed by atoms with van der Waals surface area (Å²) in [4.78, 5) is 42.6. The molecule has 2 aromatic heterocycles. The Hall–Kier alpha value is -4.04. The predicted octanol–water partition coefficient (Wildman–Crippen LogP) is 4.18. The molecule has 4 rings (SSSR count). The van der Waals surface area contributed by atoms with Crippen LogP contribution in [0.5, 0.6) is 0 Å². The van der Waals surface area contributed by atoms with Crippen LogP contribution in [0.4, 0.5) is 5.69 Å². The summed E-state index contributed by atoms with van der Waals surface area (Å²) in [6.07, 6.45) is 4.28. The van der Waals surface area contributed by atoms with Gasteiger partial charge in [-0.2, -0.15) is 0 Å². The minimum atomic E-state index is -0.465. The van der Waals surface area contributed by atoms with Crippen LogP contribution in [0.2, 0.25) is 0 Å². The lowest BCUT2D eigenvalue weighted by Gasteiger charge is -2.07. The minimum Gasteiger partial charge on any atom is -0.326 e. The van der Waals surface area contributed by atoms with Crippen molar-refractivity contribution in [2.75, 3.05) is 10.7 Å². The van der Waals surface area contributed by atoms with E-state index in [4.69, 9.17) is 0 Å².